The van der Waals surface area contributed by atoms with E-state index in [1.165, 1.54) is 11.3 Å². The predicted molar refractivity (Wildman–Crippen MR) is 108 cm³/mol. The monoisotopic (exact) mass is 421 g/mol. The van der Waals surface area contributed by atoms with E-state index >= 15 is 0 Å². The topological polar surface area (TPSA) is 112 Å². The summed E-state index contributed by atoms with van der Waals surface area (Å²) >= 11 is 1.36. The number of aryl methyl sites for hydroxylation is 1. The Labute approximate surface area is 174 Å². The van der Waals surface area contributed by atoms with Crippen LogP contribution in [0.2, 0.25) is 0 Å². The van der Waals surface area contributed by atoms with Gasteiger partial charge in [0, 0.05) is 41.7 Å². The van der Waals surface area contributed by atoms with E-state index in [4.69, 9.17) is 14.0 Å². The molecule has 1 aromatic carbocycles. The van der Waals surface area contributed by atoms with Crippen LogP contribution in [0.3, 0.4) is 0 Å². The van der Waals surface area contributed by atoms with E-state index in [1.807, 2.05) is 23.6 Å². The summed E-state index contributed by atoms with van der Waals surface area (Å²) in [6, 6.07) is 9.21. The van der Waals surface area contributed by atoms with Gasteiger partial charge in [0.05, 0.1) is 5.69 Å². The van der Waals surface area contributed by atoms with Crippen LogP contribution >= 0.6 is 11.3 Å². The maximum absolute atomic E-state index is 12.3. The van der Waals surface area contributed by atoms with Crippen molar-refractivity contribution in [2.24, 2.45) is 0 Å². The summed E-state index contributed by atoms with van der Waals surface area (Å²) in [6.07, 6.45) is 3.86. The molecule has 1 amide bonds. The summed E-state index contributed by atoms with van der Waals surface area (Å²) in [7, 11) is 0. The van der Waals surface area contributed by atoms with Crippen molar-refractivity contribution in [1.82, 2.24) is 20.1 Å². The zero-order chi connectivity index (χ0) is 20.3. The Kier molecular flexibility index (Phi) is 4.81. The van der Waals surface area contributed by atoms with E-state index in [0.29, 0.717) is 29.0 Å². The third-order valence-electron chi connectivity index (χ3n) is 4.39. The van der Waals surface area contributed by atoms with E-state index in [1.54, 1.807) is 24.5 Å². The van der Waals surface area contributed by atoms with Crippen LogP contribution in [-0.2, 0) is 11.2 Å². The molecule has 1 aliphatic rings. The van der Waals surface area contributed by atoms with Gasteiger partial charge < -0.3 is 19.3 Å². The molecule has 4 aromatic rings. The van der Waals surface area contributed by atoms with E-state index in [-0.39, 0.29) is 19.1 Å². The van der Waals surface area contributed by atoms with Crippen molar-refractivity contribution in [1.29, 1.82) is 0 Å². The molecule has 1 N–H and O–H groups in total. The zero-order valence-electron chi connectivity index (χ0n) is 15.6. The summed E-state index contributed by atoms with van der Waals surface area (Å²) in [4.78, 5) is 25.0. The highest BCUT2D eigenvalue weighted by Crippen LogP contribution is 2.36. The molecule has 0 fully saturated rings. The molecule has 0 radical (unpaired) electrons. The highest BCUT2D eigenvalue weighted by Gasteiger charge is 2.16. The lowest BCUT2D eigenvalue weighted by Gasteiger charge is -2.01. The van der Waals surface area contributed by atoms with Crippen molar-refractivity contribution in [3.8, 4) is 34.1 Å². The van der Waals surface area contributed by atoms with Gasteiger partial charge >= 0.3 is 0 Å². The number of ether oxygens (including phenoxy) is 2. The molecular weight excluding hydrogens is 406 g/mol. The van der Waals surface area contributed by atoms with Crippen LogP contribution in [0, 0.1) is 0 Å². The number of carbonyl (C=O) groups excluding carboxylic acids is 1. The van der Waals surface area contributed by atoms with Gasteiger partial charge in [-0.1, -0.05) is 5.16 Å². The molecule has 0 unspecified atom stereocenters. The lowest BCUT2D eigenvalue weighted by Crippen LogP contribution is -2.12. The molecule has 9 nitrogen and oxygen atoms in total. The maximum Gasteiger partial charge on any atom is 0.231 e. The Balaban J connectivity index is 1.18. The van der Waals surface area contributed by atoms with Gasteiger partial charge in [0.25, 0.3) is 0 Å². The molecule has 4 heterocycles. The molecule has 0 saturated heterocycles. The average Bonchev–Trinajstić information content (AvgIpc) is 3.53. The second kappa shape index (κ2) is 7.91. The molecule has 0 spiro atoms. The standard InChI is InChI=1S/C20H15N5O4S/c26-17(3-4-18-24-19(25-29-18)12-5-7-21-8-6-12)23-20-22-14(10-30-20)13-1-2-15-16(9-13)28-11-27-15/h1-2,5-10H,3-4,11H2,(H,22,23,26). The first-order valence-corrected chi connectivity index (χ1v) is 10.0. The van der Waals surface area contributed by atoms with Gasteiger partial charge in [0.1, 0.15) is 0 Å². The number of nitrogens with zero attached hydrogens (tertiary/aromatic N) is 4. The second-order valence-electron chi connectivity index (χ2n) is 6.40. The molecule has 3 aromatic heterocycles. The fourth-order valence-electron chi connectivity index (χ4n) is 2.90. The number of carbonyl (C=O) groups is 1. The fraction of sp³-hybridized carbons (Fsp3) is 0.150. The Morgan fingerprint density at radius 1 is 1.07 bits per heavy atom. The minimum absolute atomic E-state index is 0.176. The molecule has 0 atom stereocenters. The van der Waals surface area contributed by atoms with Gasteiger partial charge in [-0.2, -0.15) is 4.98 Å². The molecule has 0 saturated carbocycles. The van der Waals surface area contributed by atoms with Crippen molar-refractivity contribution >= 4 is 22.4 Å². The third-order valence-corrected chi connectivity index (χ3v) is 5.15. The number of benzene rings is 1. The van der Waals surface area contributed by atoms with E-state index in [0.717, 1.165) is 22.6 Å². The highest BCUT2D eigenvalue weighted by molar-refractivity contribution is 7.14. The Morgan fingerprint density at radius 2 is 1.93 bits per heavy atom. The number of hydrogen-bond donors (Lipinski definition) is 1. The zero-order valence-corrected chi connectivity index (χ0v) is 16.4. The minimum Gasteiger partial charge on any atom is -0.454 e. The number of anilines is 1. The Hall–Kier alpha value is -3.79. The molecule has 30 heavy (non-hydrogen) atoms. The van der Waals surface area contributed by atoms with Crippen LogP contribution in [0.15, 0.2) is 52.6 Å². The molecule has 1 aliphatic heterocycles. The van der Waals surface area contributed by atoms with E-state index in [2.05, 4.69) is 25.4 Å². The van der Waals surface area contributed by atoms with Crippen LogP contribution in [0.1, 0.15) is 12.3 Å². The lowest BCUT2D eigenvalue weighted by molar-refractivity contribution is -0.116. The van der Waals surface area contributed by atoms with E-state index < -0.39 is 0 Å². The fourth-order valence-corrected chi connectivity index (χ4v) is 3.63. The van der Waals surface area contributed by atoms with Gasteiger partial charge in [0.2, 0.25) is 24.4 Å². The molecule has 0 aliphatic carbocycles. The van der Waals surface area contributed by atoms with Crippen molar-refractivity contribution in [3.63, 3.8) is 0 Å². The van der Waals surface area contributed by atoms with Crippen LogP contribution in [0.4, 0.5) is 5.13 Å². The quantitative estimate of drug-likeness (QED) is 0.503. The first kappa shape index (κ1) is 18.3. The van der Waals surface area contributed by atoms with Crippen LogP contribution < -0.4 is 14.8 Å². The van der Waals surface area contributed by atoms with Crippen molar-refractivity contribution in [3.05, 3.63) is 54.0 Å². The number of amides is 1. The van der Waals surface area contributed by atoms with Crippen molar-refractivity contribution in [2.45, 2.75) is 12.8 Å². The highest BCUT2D eigenvalue weighted by atomic mass is 32.1. The van der Waals surface area contributed by atoms with Crippen molar-refractivity contribution < 1.29 is 18.8 Å². The predicted octanol–water partition coefficient (Wildman–Crippen LogP) is 3.56. The molecule has 0 bridgehead atoms. The SMILES string of the molecule is O=C(CCc1nc(-c2ccncc2)no1)Nc1nc(-c2ccc3c(c2)OCO3)cs1. The van der Waals surface area contributed by atoms with Crippen molar-refractivity contribution in [2.75, 3.05) is 12.1 Å². The largest absolute Gasteiger partial charge is 0.454 e. The normalized spacial score (nSPS) is 12.1. The average molecular weight is 421 g/mol. The number of aromatic nitrogens is 4. The number of hydrogen-bond acceptors (Lipinski definition) is 9. The summed E-state index contributed by atoms with van der Waals surface area (Å²) < 4.78 is 15.9. The van der Waals surface area contributed by atoms with Crippen LogP contribution in [-0.4, -0.2) is 32.8 Å². The summed E-state index contributed by atoms with van der Waals surface area (Å²) in [5.74, 6) is 2.11. The number of rotatable bonds is 6. The van der Waals surface area contributed by atoms with Crippen LogP contribution in [0.25, 0.3) is 22.6 Å². The molecule has 5 rings (SSSR count). The van der Waals surface area contributed by atoms with Gasteiger partial charge in [-0.3, -0.25) is 9.78 Å². The minimum atomic E-state index is -0.176. The lowest BCUT2D eigenvalue weighted by atomic mass is 10.1. The first-order chi connectivity index (χ1) is 14.7. The molecule has 150 valence electrons. The first-order valence-electron chi connectivity index (χ1n) is 9.13. The van der Waals surface area contributed by atoms with Gasteiger partial charge in [-0.05, 0) is 30.3 Å². The number of nitrogens with one attached hydrogen (secondary N) is 1. The van der Waals surface area contributed by atoms with Gasteiger partial charge in [0.15, 0.2) is 16.6 Å². The summed E-state index contributed by atoms with van der Waals surface area (Å²) in [5.41, 5.74) is 2.46. The molecular formula is C20H15N5O4S. The number of thiazole rings is 1. The smallest absolute Gasteiger partial charge is 0.231 e. The maximum atomic E-state index is 12.3. The molecule has 10 heteroatoms. The van der Waals surface area contributed by atoms with Crippen LogP contribution in [0.5, 0.6) is 11.5 Å². The van der Waals surface area contributed by atoms with E-state index in [9.17, 15) is 4.79 Å². The number of pyridine rings is 1. The van der Waals surface area contributed by atoms with Gasteiger partial charge in [-0.25, -0.2) is 4.98 Å². The Morgan fingerprint density at radius 3 is 2.83 bits per heavy atom. The second-order valence-corrected chi connectivity index (χ2v) is 7.26. The Bertz CT molecular complexity index is 1190. The summed E-state index contributed by atoms with van der Waals surface area (Å²) in [5, 5.41) is 9.15. The number of fused-ring (bicyclic) bond motifs is 1. The van der Waals surface area contributed by atoms with Gasteiger partial charge in [-0.15, -0.1) is 11.3 Å². The summed E-state index contributed by atoms with van der Waals surface area (Å²) in [6.45, 7) is 0.223. The third kappa shape index (κ3) is 3.85.